The smallest absolute Gasteiger partial charge is 0.231 e. The second-order valence-corrected chi connectivity index (χ2v) is 7.96. The molecule has 2 N–H and O–H groups in total. The fourth-order valence-corrected chi connectivity index (χ4v) is 4.27. The summed E-state index contributed by atoms with van der Waals surface area (Å²) in [5, 5.41) is 22.7. The van der Waals surface area contributed by atoms with Gasteiger partial charge in [-0.1, -0.05) is 0 Å². The Morgan fingerprint density at radius 3 is 3.04 bits per heavy atom. The van der Waals surface area contributed by atoms with E-state index >= 15 is 0 Å². The van der Waals surface area contributed by atoms with Crippen LogP contribution >= 0.6 is 11.3 Å². The van der Waals surface area contributed by atoms with Crippen molar-refractivity contribution in [2.24, 2.45) is 5.92 Å². The number of aliphatic hydroxyl groups excluding tert-OH is 1. The number of hydrogen-bond acceptors (Lipinski definition) is 8. The van der Waals surface area contributed by atoms with Crippen molar-refractivity contribution in [3.8, 4) is 6.19 Å². The molecule has 0 radical (unpaired) electrons. The monoisotopic (exact) mass is 364 g/mol. The summed E-state index contributed by atoms with van der Waals surface area (Å²) in [4.78, 5) is 23.6. The lowest BCUT2D eigenvalue weighted by Crippen LogP contribution is -2.44. The van der Waals surface area contributed by atoms with Crippen LogP contribution in [0.1, 0.15) is 17.0 Å². The van der Waals surface area contributed by atoms with Crippen molar-refractivity contribution in [1.29, 1.82) is 5.26 Å². The SMILES string of the molecule is CN(C)CC(O)N1CCc2nc(NC(=O)[C@H]3CCN(C#N)C3)sc2C1. The Labute approximate surface area is 151 Å². The third-order valence-corrected chi connectivity index (χ3v) is 5.64. The van der Waals surface area contributed by atoms with Crippen LogP contribution in [-0.4, -0.2) is 77.2 Å². The third kappa shape index (κ3) is 4.27. The molecule has 1 saturated heterocycles. The second kappa shape index (κ2) is 7.66. The lowest BCUT2D eigenvalue weighted by molar-refractivity contribution is -0.119. The number of rotatable bonds is 5. The molecular weight excluding hydrogens is 340 g/mol. The number of likely N-dealkylation sites (N-methyl/N-ethyl adjacent to an activating group) is 1. The number of thiazole rings is 1. The molecule has 0 aliphatic carbocycles. The van der Waals surface area contributed by atoms with Gasteiger partial charge in [0.05, 0.1) is 11.6 Å². The number of amides is 1. The van der Waals surface area contributed by atoms with Gasteiger partial charge in [-0.15, -0.1) is 11.3 Å². The number of aliphatic hydroxyl groups is 1. The molecule has 0 saturated carbocycles. The molecule has 0 bridgehead atoms. The molecule has 2 atom stereocenters. The molecule has 1 amide bonds. The van der Waals surface area contributed by atoms with Crippen LogP contribution in [-0.2, 0) is 17.8 Å². The Bertz CT molecular complexity index is 670. The number of likely N-dealkylation sites (tertiary alicyclic amines) is 1. The Morgan fingerprint density at radius 1 is 1.56 bits per heavy atom. The highest BCUT2D eigenvalue weighted by molar-refractivity contribution is 7.15. The van der Waals surface area contributed by atoms with Crippen molar-refractivity contribution in [2.75, 3.05) is 45.6 Å². The van der Waals surface area contributed by atoms with Crippen LogP contribution in [0.25, 0.3) is 0 Å². The lowest BCUT2D eigenvalue weighted by Gasteiger charge is -2.31. The van der Waals surface area contributed by atoms with Crippen LogP contribution in [0.15, 0.2) is 0 Å². The van der Waals surface area contributed by atoms with Gasteiger partial charge >= 0.3 is 0 Å². The topological polar surface area (TPSA) is 95.7 Å². The number of nitriles is 1. The van der Waals surface area contributed by atoms with Crippen molar-refractivity contribution in [3.63, 3.8) is 0 Å². The number of hydrogen-bond donors (Lipinski definition) is 2. The highest BCUT2D eigenvalue weighted by Crippen LogP contribution is 2.29. The quantitative estimate of drug-likeness (QED) is 0.717. The number of nitrogens with one attached hydrogen (secondary N) is 1. The number of fused-ring (bicyclic) bond motifs is 1. The molecule has 8 nitrogen and oxygen atoms in total. The summed E-state index contributed by atoms with van der Waals surface area (Å²) in [5.41, 5.74) is 1.01. The van der Waals surface area contributed by atoms with Crippen LogP contribution in [0.3, 0.4) is 0 Å². The first-order valence-electron chi connectivity index (χ1n) is 8.47. The number of carbonyl (C=O) groups excluding carboxylic acids is 1. The summed E-state index contributed by atoms with van der Waals surface area (Å²) in [6, 6.07) is 0. The van der Waals surface area contributed by atoms with Gasteiger partial charge in [-0.2, -0.15) is 5.26 Å². The number of anilines is 1. The van der Waals surface area contributed by atoms with Crippen LogP contribution in [0.4, 0.5) is 5.13 Å². The zero-order valence-corrected chi connectivity index (χ0v) is 15.4. The van der Waals surface area contributed by atoms with Crippen LogP contribution < -0.4 is 5.32 Å². The predicted molar refractivity (Wildman–Crippen MR) is 94.7 cm³/mol. The molecule has 9 heteroatoms. The average Bonchev–Trinajstić information content (AvgIpc) is 3.19. The van der Waals surface area contributed by atoms with Gasteiger partial charge in [0.1, 0.15) is 6.23 Å². The van der Waals surface area contributed by atoms with E-state index in [0.29, 0.717) is 37.7 Å². The first-order chi connectivity index (χ1) is 12.0. The minimum absolute atomic E-state index is 0.0617. The minimum atomic E-state index is -0.501. The van der Waals surface area contributed by atoms with Crippen molar-refractivity contribution in [3.05, 3.63) is 10.6 Å². The fraction of sp³-hybridized carbons (Fsp3) is 0.688. The molecule has 2 aliphatic rings. The molecule has 2 aliphatic heterocycles. The summed E-state index contributed by atoms with van der Waals surface area (Å²) >= 11 is 1.48. The molecule has 1 fully saturated rings. The molecule has 3 heterocycles. The number of nitrogens with zero attached hydrogens (tertiary/aromatic N) is 5. The Hall–Kier alpha value is -1.73. The maximum Gasteiger partial charge on any atom is 0.231 e. The summed E-state index contributed by atoms with van der Waals surface area (Å²) < 4.78 is 0. The van der Waals surface area contributed by atoms with Gasteiger partial charge < -0.3 is 20.2 Å². The summed E-state index contributed by atoms with van der Waals surface area (Å²) in [6.45, 7) is 3.14. The minimum Gasteiger partial charge on any atom is -0.377 e. The first kappa shape index (κ1) is 18.1. The summed E-state index contributed by atoms with van der Waals surface area (Å²) in [7, 11) is 3.88. The number of carbonyl (C=O) groups is 1. The highest BCUT2D eigenvalue weighted by Gasteiger charge is 2.30. The van der Waals surface area contributed by atoms with E-state index in [1.165, 1.54) is 11.3 Å². The third-order valence-electron chi connectivity index (χ3n) is 4.64. The molecule has 136 valence electrons. The zero-order chi connectivity index (χ0) is 18.0. The second-order valence-electron chi connectivity index (χ2n) is 6.87. The van der Waals surface area contributed by atoms with E-state index in [4.69, 9.17) is 5.26 Å². The van der Waals surface area contributed by atoms with Crippen LogP contribution in [0.2, 0.25) is 0 Å². The molecule has 25 heavy (non-hydrogen) atoms. The van der Waals surface area contributed by atoms with Gasteiger partial charge in [-0.05, 0) is 20.5 Å². The van der Waals surface area contributed by atoms with Crippen molar-refractivity contribution in [2.45, 2.75) is 25.6 Å². The predicted octanol–water partition coefficient (Wildman–Crippen LogP) is 0.123. The first-order valence-corrected chi connectivity index (χ1v) is 9.29. The standard InChI is InChI=1S/C16H24N6O2S/c1-20(2)9-14(23)22-6-4-12-13(8-22)25-16(18-12)19-15(24)11-3-5-21(7-11)10-17/h11,14,23H,3-9H2,1-2H3,(H,18,19,24)/t11-,14?/m0/s1. The molecule has 0 spiro atoms. The highest BCUT2D eigenvalue weighted by atomic mass is 32.1. The van der Waals surface area contributed by atoms with E-state index in [9.17, 15) is 9.90 Å². The lowest BCUT2D eigenvalue weighted by atomic mass is 10.1. The van der Waals surface area contributed by atoms with Gasteiger partial charge in [-0.25, -0.2) is 4.98 Å². The normalized spacial score (nSPS) is 21.9. The van der Waals surface area contributed by atoms with Crippen LogP contribution in [0, 0.1) is 17.4 Å². The van der Waals surface area contributed by atoms with Gasteiger partial charge in [0, 0.05) is 44.0 Å². The van der Waals surface area contributed by atoms with E-state index in [1.54, 1.807) is 4.90 Å². The van der Waals surface area contributed by atoms with Gasteiger partial charge in [-0.3, -0.25) is 9.69 Å². The van der Waals surface area contributed by atoms with Gasteiger partial charge in [0.2, 0.25) is 5.91 Å². The summed E-state index contributed by atoms with van der Waals surface area (Å²) in [5.74, 6) is -0.215. The molecule has 1 unspecified atom stereocenters. The Kier molecular flexibility index (Phi) is 5.54. The molecule has 1 aromatic rings. The van der Waals surface area contributed by atoms with E-state index < -0.39 is 6.23 Å². The largest absolute Gasteiger partial charge is 0.377 e. The summed E-state index contributed by atoms with van der Waals surface area (Å²) in [6.07, 6.45) is 3.07. The molecule has 0 aromatic carbocycles. The fourth-order valence-electron chi connectivity index (χ4n) is 3.24. The molecular formula is C16H24N6O2S. The maximum atomic E-state index is 12.3. The van der Waals surface area contributed by atoms with Gasteiger partial charge in [0.15, 0.2) is 11.3 Å². The molecule has 3 rings (SSSR count). The van der Waals surface area contributed by atoms with Gasteiger partial charge in [0.25, 0.3) is 0 Å². The van der Waals surface area contributed by atoms with E-state index in [0.717, 1.165) is 23.5 Å². The molecule has 1 aromatic heterocycles. The maximum absolute atomic E-state index is 12.3. The average molecular weight is 364 g/mol. The van der Waals surface area contributed by atoms with Crippen molar-refractivity contribution in [1.82, 2.24) is 19.7 Å². The Balaban J connectivity index is 1.59. The number of aromatic nitrogens is 1. The Morgan fingerprint density at radius 2 is 2.36 bits per heavy atom. The van der Waals surface area contributed by atoms with E-state index in [-0.39, 0.29) is 11.8 Å². The van der Waals surface area contributed by atoms with Crippen molar-refractivity contribution < 1.29 is 9.90 Å². The van der Waals surface area contributed by atoms with Crippen molar-refractivity contribution >= 4 is 22.4 Å². The zero-order valence-electron chi connectivity index (χ0n) is 14.6. The van der Waals surface area contributed by atoms with Crippen LogP contribution in [0.5, 0.6) is 0 Å². The van der Waals surface area contributed by atoms with E-state index in [1.807, 2.05) is 23.9 Å². The van der Waals surface area contributed by atoms with E-state index in [2.05, 4.69) is 16.5 Å².